The Balaban J connectivity index is 2.12. The van der Waals surface area contributed by atoms with Crippen LogP contribution in [0.1, 0.15) is 51.9 Å². The second-order valence-electron chi connectivity index (χ2n) is 4.82. The van der Waals surface area contributed by atoms with Crippen molar-refractivity contribution in [1.29, 1.82) is 0 Å². The van der Waals surface area contributed by atoms with Crippen molar-refractivity contribution in [2.24, 2.45) is 11.8 Å². The molecule has 102 valence electrons. The minimum Gasteiger partial charge on any atom is -0.466 e. The van der Waals surface area contributed by atoms with E-state index < -0.39 is 0 Å². The van der Waals surface area contributed by atoms with Crippen molar-refractivity contribution in [3.8, 4) is 0 Å². The van der Waals surface area contributed by atoms with E-state index in [0.29, 0.717) is 19.4 Å². The molecule has 2 unspecified atom stereocenters. The number of esters is 1. The van der Waals surface area contributed by atoms with E-state index in [4.69, 9.17) is 4.74 Å². The van der Waals surface area contributed by atoms with Crippen LogP contribution >= 0.6 is 0 Å². The summed E-state index contributed by atoms with van der Waals surface area (Å²) in [5.41, 5.74) is 0. The van der Waals surface area contributed by atoms with Gasteiger partial charge in [-0.05, 0) is 26.2 Å². The van der Waals surface area contributed by atoms with Gasteiger partial charge in [-0.2, -0.15) is 0 Å². The number of Topliss-reactive ketones (excluding diaryl/α,β-unsaturated/α-hetero) is 1. The Morgan fingerprint density at radius 3 is 2.83 bits per heavy atom. The molecule has 0 bridgehead atoms. The minimum absolute atomic E-state index is 0.0647. The van der Waals surface area contributed by atoms with Crippen LogP contribution in [0.15, 0.2) is 0 Å². The molecule has 4 heteroatoms. The molecule has 1 aliphatic carbocycles. The maximum atomic E-state index is 11.6. The summed E-state index contributed by atoms with van der Waals surface area (Å²) >= 11 is 0. The highest BCUT2D eigenvalue weighted by Gasteiger charge is 2.33. The van der Waals surface area contributed by atoms with Crippen molar-refractivity contribution >= 4 is 18.0 Å². The summed E-state index contributed by atoms with van der Waals surface area (Å²) in [6, 6.07) is 0. The van der Waals surface area contributed by atoms with Gasteiger partial charge >= 0.3 is 5.97 Å². The van der Waals surface area contributed by atoms with Crippen molar-refractivity contribution < 1.29 is 19.1 Å². The molecule has 1 fully saturated rings. The molecular weight excluding hydrogens is 232 g/mol. The van der Waals surface area contributed by atoms with Gasteiger partial charge in [0.05, 0.1) is 6.61 Å². The fraction of sp³-hybridized carbons (Fsp3) is 0.786. The smallest absolute Gasteiger partial charge is 0.305 e. The fourth-order valence-electron chi connectivity index (χ4n) is 2.52. The van der Waals surface area contributed by atoms with Crippen LogP contribution in [0.3, 0.4) is 0 Å². The average molecular weight is 254 g/mol. The molecule has 0 radical (unpaired) electrons. The molecule has 0 aromatic heterocycles. The molecule has 0 spiro atoms. The largest absolute Gasteiger partial charge is 0.466 e. The zero-order valence-corrected chi connectivity index (χ0v) is 11.0. The van der Waals surface area contributed by atoms with Crippen LogP contribution in [0.2, 0.25) is 0 Å². The Hall–Kier alpha value is -1.19. The highest BCUT2D eigenvalue weighted by molar-refractivity contribution is 5.86. The van der Waals surface area contributed by atoms with Crippen molar-refractivity contribution in [2.75, 3.05) is 6.61 Å². The highest BCUT2D eigenvalue weighted by atomic mass is 16.5. The summed E-state index contributed by atoms with van der Waals surface area (Å²) < 4.78 is 4.83. The van der Waals surface area contributed by atoms with Gasteiger partial charge in [-0.3, -0.25) is 9.59 Å². The van der Waals surface area contributed by atoms with E-state index >= 15 is 0 Å². The maximum absolute atomic E-state index is 11.6. The summed E-state index contributed by atoms with van der Waals surface area (Å²) in [7, 11) is 0. The molecule has 1 aliphatic rings. The zero-order valence-electron chi connectivity index (χ0n) is 11.0. The van der Waals surface area contributed by atoms with Crippen LogP contribution in [0.25, 0.3) is 0 Å². The SMILES string of the molecule is CCOC(=O)CCCCCC1C(=O)CCC1C=O. The Labute approximate surface area is 108 Å². The third-order valence-corrected chi connectivity index (χ3v) is 3.53. The van der Waals surface area contributed by atoms with Crippen LogP contribution in [-0.2, 0) is 19.1 Å². The number of ether oxygens (including phenoxy) is 1. The topological polar surface area (TPSA) is 60.4 Å². The predicted octanol–water partition coefficient (Wildman–Crippen LogP) is 2.29. The number of carbonyl (C=O) groups is 3. The van der Waals surface area contributed by atoms with Gasteiger partial charge in [-0.15, -0.1) is 0 Å². The average Bonchev–Trinajstić information content (AvgIpc) is 2.70. The van der Waals surface area contributed by atoms with Gasteiger partial charge in [0.25, 0.3) is 0 Å². The van der Waals surface area contributed by atoms with Crippen LogP contribution < -0.4 is 0 Å². The molecule has 18 heavy (non-hydrogen) atoms. The van der Waals surface area contributed by atoms with Crippen LogP contribution in [0, 0.1) is 11.8 Å². The molecule has 2 atom stereocenters. The van der Waals surface area contributed by atoms with Gasteiger partial charge in [0.2, 0.25) is 0 Å². The number of ketones is 1. The molecule has 0 amide bonds. The number of unbranched alkanes of at least 4 members (excludes halogenated alkanes) is 2. The van der Waals surface area contributed by atoms with Gasteiger partial charge in [0.1, 0.15) is 12.1 Å². The molecule has 1 saturated carbocycles. The van der Waals surface area contributed by atoms with Crippen LogP contribution in [0.5, 0.6) is 0 Å². The van der Waals surface area contributed by atoms with Gasteiger partial charge in [-0.1, -0.05) is 12.8 Å². The number of hydrogen-bond donors (Lipinski definition) is 0. The number of carbonyl (C=O) groups excluding carboxylic acids is 3. The van der Waals surface area contributed by atoms with Gasteiger partial charge in [-0.25, -0.2) is 0 Å². The van der Waals surface area contributed by atoms with Gasteiger partial charge in [0.15, 0.2) is 0 Å². The lowest BCUT2D eigenvalue weighted by molar-refractivity contribution is -0.143. The normalized spacial score (nSPS) is 23.1. The van der Waals surface area contributed by atoms with Gasteiger partial charge < -0.3 is 9.53 Å². The van der Waals surface area contributed by atoms with E-state index in [-0.39, 0.29) is 23.6 Å². The lowest BCUT2D eigenvalue weighted by atomic mass is 9.91. The third-order valence-electron chi connectivity index (χ3n) is 3.53. The van der Waals surface area contributed by atoms with E-state index in [1.807, 2.05) is 0 Å². The van der Waals surface area contributed by atoms with E-state index in [0.717, 1.165) is 38.4 Å². The number of hydrogen-bond acceptors (Lipinski definition) is 4. The quantitative estimate of drug-likeness (QED) is 0.379. The molecule has 0 aromatic carbocycles. The van der Waals surface area contributed by atoms with E-state index in [2.05, 4.69) is 0 Å². The molecule has 0 heterocycles. The van der Waals surface area contributed by atoms with Crippen molar-refractivity contribution in [3.63, 3.8) is 0 Å². The summed E-state index contributed by atoms with van der Waals surface area (Å²) in [6.45, 7) is 2.22. The third kappa shape index (κ3) is 4.59. The Morgan fingerprint density at radius 1 is 1.39 bits per heavy atom. The second kappa shape index (κ2) is 8.01. The molecular formula is C14H22O4. The Kier molecular flexibility index (Phi) is 6.61. The van der Waals surface area contributed by atoms with Gasteiger partial charge in [0, 0.05) is 24.7 Å². The molecule has 4 nitrogen and oxygen atoms in total. The van der Waals surface area contributed by atoms with Crippen molar-refractivity contribution in [1.82, 2.24) is 0 Å². The van der Waals surface area contributed by atoms with E-state index in [9.17, 15) is 14.4 Å². The standard InChI is InChI=1S/C14H22O4/c1-2-18-14(17)7-5-3-4-6-12-11(10-15)8-9-13(12)16/h10-12H,2-9H2,1H3. The lowest BCUT2D eigenvalue weighted by Gasteiger charge is -2.12. The van der Waals surface area contributed by atoms with Crippen LogP contribution in [0.4, 0.5) is 0 Å². The summed E-state index contributed by atoms with van der Waals surface area (Å²) in [5.74, 6) is -0.0506. The fourth-order valence-corrected chi connectivity index (χ4v) is 2.52. The first-order valence-corrected chi connectivity index (χ1v) is 6.82. The van der Waals surface area contributed by atoms with Crippen molar-refractivity contribution in [3.05, 3.63) is 0 Å². The Morgan fingerprint density at radius 2 is 2.17 bits per heavy atom. The maximum Gasteiger partial charge on any atom is 0.305 e. The Bertz CT molecular complexity index is 298. The number of aldehydes is 1. The minimum atomic E-state index is -0.153. The van der Waals surface area contributed by atoms with Crippen LogP contribution in [-0.4, -0.2) is 24.6 Å². The molecule has 1 rings (SSSR count). The predicted molar refractivity (Wildman–Crippen MR) is 67.0 cm³/mol. The van der Waals surface area contributed by atoms with E-state index in [1.165, 1.54) is 0 Å². The first kappa shape index (κ1) is 14.9. The summed E-state index contributed by atoms with van der Waals surface area (Å²) in [6.07, 6.45) is 6.04. The molecule has 0 aromatic rings. The second-order valence-corrected chi connectivity index (χ2v) is 4.82. The molecule has 0 N–H and O–H groups in total. The zero-order chi connectivity index (χ0) is 13.4. The monoisotopic (exact) mass is 254 g/mol. The summed E-state index contributed by atoms with van der Waals surface area (Å²) in [5, 5.41) is 0. The lowest BCUT2D eigenvalue weighted by Crippen LogP contribution is -2.15. The van der Waals surface area contributed by atoms with E-state index in [1.54, 1.807) is 6.92 Å². The summed E-state index contributed by atoms with van der Waals surface area (Å²) in [4.78, 5) is 33.5. The number of rotatable bonds is 8. The van der Waals surface area contributed by atoms with Crippen molar-refractivity contribution in [2.45, 2.75) is 51.9 Å². The first-order chi connectivity index (χ1) is 8.69. The molecule has 0 aliphatic heterocycles. The highest BCUT2D eigenvalue weighted by Crippen LogP contribution is 2.31. The molecule has 0 saturated heterocycles. The first-order valence-electron chi connectivity index (χ1n) is 6.82.